The number of benzene rings is 3. The smallest absolute Gasteiger partial charge is 0.265 e. The summed E-state index contributed by atoms with van der Waals surface area (Å²) in [7, 11) is 1.76. The fraction of sp³-hybridized carbons (Fsp3) is 0.308. The van der Waals surface area contributed by atoms with Gasteiger partial charge in [0.1, 0.15) is 11.5 Å². The summed E-state index contributed by atoms with van der Waals surface area (Å²) in [6.45, 7) is 4.74. The van der Waals surface area contributed by atoms with Crippen LogP contribution in [0.15, 0.2) is 60.7 Å². The Kier molecular flexibility index (Phi) is 6.30. The van der Waals surface area contributed by atoms with Crippen molar-refractivity contribution >= 4 is 28.3 Å². The van der Waals surface area contributed by atoms with E-state index in [1.165, 1.54) is 6.92 Å². The molecule has 0 N–H and O–H groups in total. The van der Waals surface area contributed by atoms with Crippen molar-refractivity contribution < 1.29 is 19.1 Å². The van der Waals surface area contributed by atoms with E-state index in [-0.39, 0.29) is 18.4 Å². The molecule has 32 heavy (non-hydrogen) atoms. The van der Waals surface area contributed by atoms with Crippen LogP contribution < -0.4 is 14.4 Å². The first-order valence-electron chi connectivity index (χ1n) is 10.9. The van der Waals surface area contributed by atoms with Crippen molar-refractivity contribution in [3.63, 3.8) is 0 Å². The minimum atomic E-state index is -0.770. The number of hydrogen-bond donors (Lipinski definition) is 0. The summed E-state index contributed by atoms with van der Waals surface area (Å²) in [5.41, 5.74) is 1.66. The van der Waals surface area contributed by atoms with Crippen LogP contribution in [0.2, 0.25) is 0 Å². The second-order valence-corrected chi connectivity index (χ2v) is 8.01. The lowest BCUT2D eigenvalue weighted by molar-refractivity contribution is -0.138. The Balaban J connectivity index is 1.60. The maximum Gasteiger partial charge on any atom is 0.265 e. The number of fused-ring (bicyclic) bond motifs is 2. The highest BCUT2D eigenvalue weighted by molar-refractivity contribution is 5.96. The van der Waals surface area contributed by atoms with E-state index >= 15 is 0 Å². The molecule has 6 heteroatoms. The van der Waals surface area contributed by atoms with Gasteiger partial charge in [-0.2, -0.15) is 0 Å². The largest absolute Gasteiger partial charge is 0.493 e. The molecule has 0 saturated carbocycles. The molecule has 1 aliphatic heterocycles. The van der Waals surface area contributed by atoms with Crippen LogP contribution in [-0.4, -0.2) is 43.0 Å². The molecule has 3 aromatic rings. The lowest BCUT2D eigenvalue weighted by atomic mass is 10.0. The number of para-hydroxylation sites is 2. The summed E-state index contributed by atoms with van der Waals surface area (Å²) >= 11 is 0. The molecule has 2 amide bonds. The van der Waals surface area contributed by atoms with Crippen LogP contribution in [0.3, 0.4) is 0 Å². The van der Waals surface area contributed by atoms with Gasteiger partial charge in [0.2, 0.25) is 5.91 Å². The van der Waals surface area contributed by atoms with E-state index in [9.17, 15) is 9.59 Å². The summed E-state index contributed by atoms with van der Waals surface area (Å²) in [6.07, 6.45) is 0.130. The van der Waals surface area contributed by atoms with Gasteiger partial charge in [-0.3, -0.25) is 9.59 Å². The minimum absolute atomic E-state index is 0.120. The number of rotatable bonds is 6. The van der Waals surface area contributed by atoms with Gasteiger partial charge in [0.05, 0.1) is 18.8 Å². The highest BCUT2D eigenvalue weighted by Crippen LogP contribution is 2.34. The van der Waals surface area contributed by atoms with Crippen molar-refractivity contribution in [2.24, 2.45) is 0 Å². The van der Waals surface area contributed by atoms with Crippen LogP contribution in [0, 0.1) is 0 Å². The van der Waals surface area contributed by atoms with Crippen LogP contribution in [0.4, 0.5) is 5.69 Å². The average molecular weight is 433 g/mol. The van der Waals surface area contributed by atoms with Crippen LogP contribution in [0.5, 0.6) is 11.5 Å². The van der Waals surface area contributed by atoms with Crippen molar-refractivity contribution in [3.8, 4) is 11.5 Å². The average Bonchev–Trinajstić information content (AvgIpc) is 2.82. The third-order valence-electron chi connectivity index (χ3n) is 5.66. The number of ether oxygens (including phenoxy) is 2. The molecule has 166 valence electrons. The highest BCUT2D eigenvalue weighted by Gasteiger charge is 2.34. The van der Waals surface area contributed by atoms with Crippen LogP contribution in [0.25, 0.3) is 10.8 Å². The van der Waals surface area contributed by atoms with E-state index in [0.29, 0.717) is 24.6 Å². The summed E-state index contributed by atoms with van der Waals surface area (Å²) in [4.78, 5) is 28.8. The first-order chi connectivity index (χ1) is 15.5. The van der Waals surface area contributed by atoms with Gasteiger partial charge < -0.3 is 19.3 Å². The third-order valence-corrected chi connectivity index (χ3v) is 5.66. The normalized spacial score (nSPS) is 15.1. The van der Waals surface area contributed by atoms with Gasteiger partial charge in [0.15, 0.2) is 6.10 Å². The van der Waals surface area contributed by atoms with Crippen LogP contribution in [0.1, 0.15) is 25.8 Å². The number of amides is 2. The fourth-order valence-corrected chi connectivity index (χ4v) is 4.05. The van der Waals surface area contributed by atoms with E-state index in [0.717, 1.165) is 28.5 Å². The second kappa shape index (κ2) is 9.30. The molecule has 0 fully saturated rings. The lowest BCUT2D eigenvalue weighted by Crippen LogP contribution is -2.50. The molecular weight excluding hydrogens is 404 g/mol. The summed E-state index contributed by atoms with van der Waals surface area (Å²) < 4.78 is 12.0. The number of carbonyl (C=O) groups is 2. The standard InChI is InChI=1S/C26H28N2O4/c1-4-15-31-23-14-13-19-9-5-6-10-20(19)21(23)16-27(3)26(30)25-17-28(18(2)29)22-11-7-8-12-24(22)32-25/h5-14,25H,4,15-17H2,1-3H3. The zero-order valence-electron chi connectivity index (χ0n) is 18.7. The van der Waals surface area contributed by atoms with Gasteiger partial charge in [-0.05, 0) is 35.4 Å². The topological polar surface area (TPSA) is 59.1 Å². The molecule has 1 atom stereocenters. The third kappa shape index (κ3) is 4.26. The van der Waals surface area contributed by atoms with Crippen LogP contribution >= 0.6 is 0 Å². The Morgan fingerprint density at radius 3 is 2.62 bits per heavy atom. The molecule has 0 bridgehead atoms. The second-order valence-electron chi connectivity index (χ2n) is 8.01. The summed E-state index contributed by atoms with van der Waals surface area (Å²) in [6, 6.07) is 19.4. The van der Waals surface area contributed by atoms with Crippen molar-refractivity contribution in [1.82, 2.24) is 4.90 Å². The fourth-order valence-electron chi connectivity index (χ4n) is 4.05. The van der Waals surface area contributed by atoms with E-state index in [2.05, 4.69) is 13.0 Å². The first kappa shape index (κ1) is 21.7. The van der Waals surface area contributed by atoms with Gasteiger partial charge in [0.25, 0.3) is 5.91 Å². The van der Waals surface area contributed by atoms with Gasteiger partial charge in [-0.15, -0.1) is 0 Å². The van der Waals surface area contributed by atoms with Gasteiger partial charge in [0, 0.05) is 26.1 Å². The number of anilines is 1. The van der Waals surface area contributed by atoms with Gasteiger partial charge >= 0.3 is 0 Å². The molecule has 4 rings (SSSR count). The lowest BCUT2D eigenvalue weighted by Gasteiger charge is -2.35. The molecular formula is C26H28N2O4. The molecule has 1 heterocycles. The monoisotopic (exact) mass is 432 g/mol. The van der Waals surface area contributed by atoms with Crippen molar-refractivity contribution in [2.45, 2.75) is 32.9 Å². The Bertz CT molecular complexity index is 1140. The number of hydrogen-bond acceptors (Lipinski definition) is 4. The van der Waals surface area contributed by atoms with Gasteiger partial charge in [-0.1, -0.05) is 49.4 Å². The number of nitrogens with zero attached hydrogens (tertiary/aromatic N) is 2. The van der Waals surface area contributed by atoms with Crippen molar-refractivity contribution in [3.05, 3.63) is 66.2 Å². The maximum atomic E-state index is 13.4. The SMILES string of the molecule is CCCOc1ccc2ccccc2c1CN(C)C(=O)C1CN(C(C)=O)c2ccccc2O1. The van der Waals surface area contributed by atoms with Crippen molar-refractivity contribution in [2.75, 3.05) is 25.1 Å². The molecule has 3 aromatic carbocycles. The maximum absolute atomic E-state index is 13.4. The molecule has 0 spiro atoms. The highest BCUT2D eigenvalue weighted by atomic mass is 16.5. The van der Waals surface area contributed by atoms with E-state index < -0.39 is 6.10 Å². The molecule has 1 unspecified atom stereocenters. The Hall–Kier alpha value is -3.54. The number of likely N-dealkylation sites (N-methyl/N-ethyl adjacent to an activating group) is 1. The van der Waals surface area contributed by atoms with Crippen molar-refractivity contribution in [1.29, 1.82) is 0 Å². The first-order valence-corrected chi connectivity index (χ1v) is 10.9. The molecule has 0 saturated heterocycles. The zero-order valence-corrected chi connectivity index (χ0v) is 18.7. The predicted octanol–water partition coefficient (Wildman–Crippen LogP) is 4.40. The summed E-state index contributed by atoms with van der Waals surface area (Å²) in [5, 5.41) is 2.15. The molecule has 0 aliphatic carbocycles. The van der Waals surface area contributed by atoms with E-state index in [1.807, 2.05) is 48.5 Å². The minimum Gasteiger partial charge on any atom is -0.493 e. The van der Waals surface area contributed by atoms with Crippen LogP contribution in [-0.2, 0) is 16.1 Å². The molecule has 1 aliphatic rings. The molecule has 6 nitrogen and oxygen atoms in total. The molecule has 0 radical (unpaired) electrons. The Morgan fingerprint density at radius 1 is 1.09 bits per heavy atom. The predicted molar refractivity (Wildman–Crippen MR) is 125 cm³/mol. The quantitative estimate of drug-likeness (QED) is 0.579. The molecule has 0 aromatic heterocycles. The van der Waals surface area contributed by atoms with E-state index in [4.69, 9.17) is 9.47 Å². The summed E-state index contributed by atoms with van der Waals surface area (Å²) in [5.74, 6) is 1.02. The Morgan fingerprint density at radius 2 is 1.84 bits per heavy atom. The zero-order chi connectivity index (χ0) is 22.7. The number of carbonyl (C=O) groups excluding carboxylic acids is 2. The Labute approximate surface area is 188 Å². The van der Waals surface area contributed by atoms with E-state index in [1.54, 1.807) is 22.9 Å². The van der Waals surface area contributed by atoms with Gasteiger partial charge in [-0.25, -0.2) is 0 Å².